The van der Waals surface area contributed by atoms with Gasteiger partial charge in [0.05, 0.1) is 6.04 Å². The highest BCUT2D eigenvalue weighted by molar-refractivity contribution is 5.77. The minimum Gasteiger partial charge on any atom is -0.363 e. The van der Waals surface area contributed by atoms with Crippen molar-refractivity contribution in [3.8, 4) is 0 Å². The SMILES string of the molecule is CC(CN)CN1CC(c2ccc[nH]2)N(C)C1=O. The summed E-state index contributed by atoms with van der Waals surface area (Å²) in [7, 11) is 1.85. The summed E-state index contributed by atoms with van der Waals surface area (Å²) in [5, 5.41) is 0. The first kappa shape index (κ1) is 12.0. The molecule has 1 fully saturated rings. The largest absolute Gasteiger partial charge is 0.363 e. The van der Waals surface area contributed by atoms with Crippen molar-refractivity contribution in [2.75, 3.05) is 26.7 Å². The number of aromatic nitrogens is 1. The van der Waals surface area contributed by atoms with Crippen LogP contribution >= 0.6 is 0 Å². The number of hydrogen-bond donors (Lipinski definition) is 2. The predicted molar refractivity (Wildman–Crippen MR) is 66.5 cm³/mol. The summed E-state index contributed by atoms with van der Waals surface area (Å²) in [5.41, 5.74) is 6.69. The molecule has 1 aliphatic rings. The third-order valence-electron chi connectivity index (χ3n) is 3.35. The normalized spacial score (nSPS) is 22.3. The second-order valence-corrected chi connectivity index (χ2v) is 4.78. The molecular formula is C12H20N4O. The standard InChI is InChI=1S/C12H20N4O/c1-9(6-13)7-16-8-11(15(2)12(16)17)10-4-3-5-14-10/h3-5,9,11,14H,6-8,13H2,1-2H3. The van der Waals surface area contributed by atoms with Gasteiger partial charge in [0, 0.05) is 32.0 Å². The zero-order valence-electron chi connectivity index (χ0n) is 10.4. The summed E-state index contributed by atoms with van der Waals surface area (Å²) in [6.45, 7) is 4.15. The molecule has 0 saturated carbocycles. The van der Waals surface area contributed by atoms with Crippen LogP contribution in [0.25, 0.3) is 0 Å². The van der Waals surface area contributed by atoms with Crippen LogP contribution in [0.5, 0.6) is 0 Å². The van der Waals surface area contributed by atoms with Crippen molar-refractivity contribution < 1.29 is 4.79 Å². The molecule has 2 rings (SSSR count). The zero-order valence-corrected chi connectivity index (χ0v) is 10.4. The van der Waals surface area contributed by atoms with E-state index in [1.807, 2.05) is 30.3 Å². The molecule has 5 nitrogen and oxygen atoms in total. The first-order valence-electron chi connectivity index (χ1n) is 5.98. The third-order valence-corrected chi connectivity index (χ3v) is 3.35. The van der Waals surface area contributed by atoms with Crippen LogP contribution < -0.4 is 5.73 Å². The highest BCUT2D eigenvalue weighted by atomic mass is 16.2. The maximum absolute atomic E-state index is 12.1. The van der Waals surface area contributed by atoms with Gasteiger partial charge in [-0.25, -0.2) is 4.79 Å². The number of amides is 2. The molecule has 1 saturated heterocycles. The van der Waals surface area contributed by atoms with Crippen LogP contribution in [0.3, 0.4) is 0 Å². The van der Waals surface area contributed by atoms with E-state index in [0.29, 0.717) is 12.5 Å². The maximum Gasteiger partial charge on any atom is 0.320 e. The summed E-state index contributed by atoms with van der Waals surface area (Å²) in [4.78, 5) is 18.9. The maximum atomic E-state index is 12.1. The summed E-state index contributed by atoms with van der Waals surface area (Å²) in [6.07, 6.45) is 1.89. The Morgan fingerprint density at radius 1 is 1.65 bits per heavy atom. The number of nitrogens with zero attached hydrogens (tertiary/aromatic N) is 2. The molecule has 0 bridgehead atoms. The van der Waals surface area contributed by atoms with Gasteiger partial charge in [-0.1, -0.05) is 6.92 Å². The van der Waals surface area contributed by atoms with E-state index in [4.69, 9.17) is 5.73 Å². The lowest BCUT2D eigenvalue weighted by Gasteiger charge is -2.19. The highest BCUT2D eigenvalue weighted by Crippen LogP contribution is 2.27. The lowest BCUT2D eigenvalue weighted by molar-refractivity contribution is 0.191. The minimum absolute atomic E-state index is 0.0879. The van der Waals surface area contributed by atoms with Gasteiger partial charge in [0.25, 0.3) is 0 Å². The summed E-state index contributed by atoms with van der Waals surface area (Å²) < 4.78 is 0. The lowest BCUT2D eigenvalue weighted by Crippen LogP contribution is -2.34. The Morgan fingerprint density at radius 2 is 2.41 bits per heavy atom. The second kappa shape index (κ2) is 4.79. The number of nitrogens with one attached hydrogen (secondary N) is 1. The first-order valence-corrected chi connectivity index (χ1v) is 5.98. The Kier molecular flexibility index (Phi) is 3.38. The predicted octanol–water partition coefficient (Wildman–Crippen LogP) is 1.02. The number of nitrogens with two attached hydrogens (primary N) is 1. The Balaban J connectivity index is 2.07. The number of H-pyrrole nitrogens is 1. The Labute approximate surface area is 102 Å². The van der Waals surface area contributed by atoms with Crippen molar-refractivity contribution >= 4 is 6.03 Å². The van der Waals surface area contributed by atoms with Gasteiger partial charge in [-0.15, -0.1) is 0 Å². The fourth-order valence-corrected chi connectivity index (χ4v) is 2.23. The van der Waals surface area contributed by atoms with Gasteiger partial charge in [-0.3, -0.25) is 0 Å². The molecule has 0 aliphatic carbocycles. The Hall–Kier alpha value is -1.49. The average molecular weight is 236 g/mol. The van der Waals surface area contributed by atoms with Crippen LogP contribution in [-0.4, -0.2) is 47.5 Å². The molecule has 0 radical (unpaired) electrons. The molecule has 0 spiro atoms. The summed E-state index contributed by atoms with van der Waals surface area (Å²) in [5.74, 6) is 0.342. The number of hydrogen-bond acceptors (Lipinski definition) is 2. The van der Waals surface area contributed by atoms with E-state index in [2.05, 4.69) is 11.9 Å². The van der Waals surface area contributed by atoms with Crippen LogP contribution in [0.1, 0.15) is 18.7 Å². The molecule has 1 aliphatic heterocycles. The summed E-state index contributed by atoms with van der Waals surface area (Å²) in [6, 6.07) is 4.19. The van der Waals surface area contributed by atoms with Crippen molar-refractivity contribution in [2.24, 2.45) is 11.7 Å². The molecule has 2 heterocycles. The lowest BCUT2D eigenvalue weighted by atomic mass is 10.1. The van der Waals surface area contributed by atoms with Crippen molar-refractivity contribution in [1.82, 2.24) is 14.8 Å². The van der Waals surface area contributed by atoms with E-state index in [1.54, 1.807) is 4.90 Å². The first-order chi connectivity index (χ1) is 8.13. The highest BCUT2D eigenvalue weighted by Gasteiger charge is 2.36. The van der Waals surface area contributed by atoms with E-state index in [-0.39, 0.29) is 12.1 Å². The molecule has 2 amide bonds. The van der Waals surface area contributed by atoms with E-state index >= 15 is 0 Å². The van der Waals surface area contributed by atoms with Gasteiger partial charge in [-0.2, -0.15) is 0 Å². The number of likely N-dealkylation sites (N-methyl/N-ethyl adjacent to an activating group) is 1. The summed E-state index contributed by atoms with van der Waals surface area (Å²) >= 11 is 0. The second-order valence-electron chi connectivity index (χ2n) is 4.78. The zero-order chi connectivity index (χ0) is 12.4. The topological polar surface area (TPSA) is 65.4 Å². The van der Waals surface area contributed by atoms with Gasteiger partial charge < -0.3 is 20.5 Å². The molecule has 5 heteroatoms. The van der Waals surface area contributed by atoms with Gasteiger partial charge in [0.15, 0.2) is 0 Å². The average Bonchev–Trinajstić information content (AvgIpc) is 2.92. The van der Waals surface area contributed by atoms with Crippen molar-refractivity contribution in [3.05, 3.63) is 24.0 Å². The number of aromatic amines is 1. The number of urea groups is 1. The molecule has 0 aromatic carbocycles. The van der Waals surface area contributed by atoms with E-state index in [0.717, 1.165) is 18.8 Å². The molecule has 94 valence electrons. The number of carbonyl (C=O) groups is 1. The van der Waals surface area contributed by atoms with Crippen LogP contribution in [-0.2, 0) is 0 Å². The van der Waals surface area contributed by atoms with Crippen LogP contribution in [0.4, 0.5) is 4.79 Å². The quantitative estimate of drug-likeness (QED) is 0.819. The van der Waals surface area contributed by atoms with Crippen molar-refractivity contribution in [1.29, 1.82) is 0 Å². The molecule has 2 unspecified atom stereocenters. The fraction of sp³-hybridized carbons (Fsp3) is 0.583. The number of carbonyl (C=O) groups excluding carboxylic acids is 1. The Morgan fingerprint density at radius 3 is 3.00 bits per heavy atom. The van der Waals surface area contributed by atoms with Gasteiger partial charge in [0.2, 0.25) is 0 Å². The van der Waals surface area contributed by atoms with E-state index in [1.165, 1.54) is 0 Å². The minimum atomic E-state index is 0.0879. The van der Waals surface area contributed by atoms with Crippen LogP contribution in [0, 0.1) is 5.92 Å². The molecule has 2 atom stereocenters. The molecule has 1 aromatic heterocycles. The molecule has 1 aromatic rings. The van der Waals surface area contributed by atoms with Gasteiger partial charge in [0.1, 0.15) is 0 Å². The smallest absolute Gasteiger partial charge is 0.320 e. The van der Waals surface area contributed by atoms with Crippen molar-refractivity contribution in [3.63, 3.8) is 0 Å². The van der Waals surface area contributed by atoms with E-state index < -0.39 is 0 Å². The van der Waals surface area contributed by atoms with Crippen LogP contribution in [0.15, 0.2) is 18.3 Å². The number of rotatable bonds is 4. The Bertz CT molecular complexity index is 376. The van der Waals surface area contributed by atoms with Gasteiger partial charge >= 0.3 is 6.03 Å². The van der Waals surface area contributed by atoms with Crippen molar-refractivity contribution in [2.45, 2.75) is 13.0 Å². The van der Waals surface area contributed by atoms with E-state index in [9.17, 15) is 4.79 Å². The van der Waals surface area contributed by atoms with Gasteiger partial charge in [-0.05, 0) is 24.6 Å². The third kappa shape index (κ3) is 2.29. The van der Waals surface area contributed by atoms with Crippen LogP contribution in [0.2, 0.25) is 0 Å². The fourth-order valence-electron chi connectivity index (χ4n) is 2.23. The molecule has 3 N–H and O–H groups in total. The monoisotopic (exact) mass is 236 g/mol. The molecular weight excluding hydrogens is 216 g/mol. The molecule has 17 heavy (non-hydrogen) atoms.